The van der Waals surface area contributed by atoms with Gasteiger partial charge in [-0.15, -0.1) is 0 Å². The van der Waals surface area contributed by atoms with Crippen LogP contribution in [0.3, 0.4) is 0 Å². The maximum atomic E-state index is 10.9. The molecule has 0 aliphatic carbocycles. The zero-order valence-corrected chi connectivity index (χ0v) is 12.8. The molecule has 5 heteroatoms. The first-order chi connectivity index (χ1) is 10.0. The lowest BCUT2D eigenvalue weighted by Gasteiger charge is -2.17. The number of esters is 1. The number of hydrogen-bond acceptors (Lipinski definition) is 5. The van der Waals surface area contributed by atoms with Crippen molar-refractivity contribution >= 4 is 5.97 Å². The SMILES string of the molecule is CCCCCC[C@H](O)[C@@H](O)C/C=C\[C@@H](O)[C@H]1CCC(=O)O1. The molecule has 0 unspecified atom stereocenters. The normalized spacial score (nSPS) is 23.2. The first kappa shape index (κ1) is 18.1. The maximum Gasteiger partial charge on any atom is 0.306 e. The molecule has 0 spiro atoms. The van der Waals surface area contributed by atoms with Gasteiger partial charge in [-0.2, -0.15) is 0 Å². The van der Waals surface area contributed by atoms with Crippen LogP contribution in [0.15, 0.2) is 12.2 Å². The average molecular weight is 300 g/mol. The summed E-state index contributed by atoms with van der Waals surface area (Å²) in [6, 6.07) is 0. The fourth-order valence-electron chi connectivity index (χ4n) is 2.40. The molecule has 0 amide bonds. The van der Waals surface area contributed by atoms with Gasteiger partial charge in [0.05, 0.1) is 12.2 Å². The van der Waals surface area contributed by atoms with Crippen LogP contribution in [0.4, 0.5) is 0 Å². The Bertz CT molecular complexity index is 329. The molecule has 0 saturated carbocycles. The smallest absolute Gasteiger partial charge is 0.306 e. The van der Waals surface area contributed by atoms with Crippen molar-refractivity contribution < 1.29 is 24.9 Å². The molecule has 21 heavy (non-hydrogen) atoms. The van der Waals surface area contributed by atoms with Crippen LogP contribution in [0.1, 0.15) is 58.3 Å². The Hall–Kier alpha value is -0.910. The topological polar surface area (TPSA) is 87.0 Å². The molecule has 1 heterocycles. The van der Waals surface area contributed by atoms with Crippen LogP contribution < -0.4 is 0 Å². The predicted molar refractivity (Wildman–Crippen MR) is 79.7 cm³/mol. The van der Waals surface area contributed by atoms with Gasteiger partial charge in [0, 0.05) is 6.42 Å². The second-order valence-corrected chi connectivity index (χ2v) is 5.71. The third-order valence-electron chi connectivity index (χ3n) is 3.81. The summed E-state index contributed by atoms with van der Waals surface area (Å²) in [5, 5.41) is 29.4. The summed E-state index contributed by atoms with van der Waals surface area (Å²) in [6.45, 7) is 2.13. The summed E-state index contributed by atoms with van der Waals surface area (Å²) in [5.41, 5.74) is 0. The van der Waals surface area contributed by atoms with Crippen molar-refractivity contribution in [2.45, 2.75) is 82.7 Å². The van der Waals surface area contributed by atoms with Crippen molar-refractivity contribution in [1.29, 1.82) is 0 Å². The van der Waals surface area contributed by atoms with Crippen LogP contribution in [-0.2, 0) is 9.53 Å². The number of carbonyl (C=O) groups excluding carboxylic acids is 1. The van der Waals surface area contributed by atoms with E-state index in [0.717, 1.165) is 25.7 Å². The molecule has 0 aromatic carbocycles. The molecule has 4 atom stereocenters. The first-order valence-corrected chi connectivity index (χ1v) is 7.95. The van der Waals surface area contributed by atoms with Gasteiger partial charge in [0.1, 0.15) is 12.2 Å². The Morgan fingerprint density at radius 3 is 2.62 bits per heavy atom. The van der Waals surface area contributed by atoms with Crippen molar-refractivity contribution in [2.75, 3.05) is 0 Å². The first-order valence-electron chi connectivity index (χ1n) is 7.95. The third kappa shape index (κ3) is 7.07. The number of carbonyl (C=O) groups is 1. The van der Waals surface area contributed by atoms with Crippen molar-refractivity contribution in [3.63, 3.8) is 0 Å². The summed E-state index contributed by atoms with van der Waals surface area (Å²) in [4.78, 5) is 10.9. The molecule has 5 nitrogen and oxygen atoms in total. The monoisotopic (exact) mass is 300 g/mol. The van der Waals surface area contributed by atoms with E-state index in [1.807, 2.05) is 0 Å². The predicted octanol–water partition coefficient (Wildman–Crippen LogP) is 1.69. The Kier molecular flexibility index (Phi) is 8.57. The van der Waals surface area contributed by atoms with Crippen LogP contribution >= 0.6 is 0 Å². The highest BCUT2D eigenvalue weighted by Crippen LogP contribution is 2.18. The van der Waals surface area contributed by atoms with Crippen LogP contribution in [-0.4, -0.2) is 45.7 Å². The van der Waals surface area contributed by atoms with Crippen molar-refractivity contribution in [1.82, 2.24) is 0 Å². The Morgan fingerprint density at radius 2 is 2.00 bits per heavy atom. The Balaban J connectivity index is 2.19. The average Bonchev–Trinajstić information content (AvgIpc) is 2.89. The van der Waals surface area contributed by atoms with Gasteiger partial charge >= 0.3 is 5.97 Å². The summed E-state index contributed by atoms with van der Waals surface area (Å²) in [6.07, 6.45) is 6.31. The van der Waals surface area contributed by atoms with Gasteiger partial charge in [-0.05, 0) is 19.3 Å². The minimum Gasteiger partial charge on any atom is -0.459 e. The van der Waals surface area contributed by atoms with Crippen LogP contribution in [0, 0.1) is 0 Å². The second kappa shape index (κ2) is 9.92. The molecule has 1 rings (SSSR count). The fourth-order valence-corrected chi connectivity index (χ4v) is 2.40. The number of ether oxygens (including phenoxy) is 1. The van der Waals surface area contributed by atoms with Gasteiger partial charge in [-0.25, -0.2) is 0 Å². The fraction of sp³-hybridized carbons (Fsp3) is 0.812. The van der Waals surface area contributed by atoms with E-state index in [1.165, 1.54) is 6.08 Å². The Morgan fingerprint density at radius 1 is 1.24 bits per heavy atom. The molecule has 0 bridgehead atoms. The van der Waals surface area contributed by atoms with Crippen molar-refractivity contribution in [2.24, 2.45) is 0 Å². The largest absolute Gasteiger partial charge is 0.459 e. The van der Waals surface area contributed by atoms with Gasteiger partial charge in [0.25, 0.3) is 0 Å². The summed E-state index contributed by atoms with van der Waals surface area (Å²) in [7, 11) is 0. The number of aliphatic hydroxyl groups is 3. The van der Waals surface area contributed by atoms with Crippen LogP contribution in [0.25, 0.3) is 0 Å². The van der Waals surface area contributed by atoms with E-state index in [4.69, 9.17) is 4.74 Å². The van der Waals surface area contributed by atoms with E-state index >= 15 is 0 Å². The summed E-state index contributed by atoms with van der Waals surface area (Å²) in [5.74, 6) is -0.282. The zero-order chi connectivity index (χ0) is 15.7. The van der Waals surface area contributed by atoms with Gasteiger partial charge < -0.3 is 20.1 Å². The van der Waals surface area contributed by atoms with Crippen LogP contribution in [0.5, 0.6) is 0 Å². The van der Waals surface area contributed by atoms with E-state index in [-0.39, 0.29) is 12.4 Å². The molecule has 1 aliphatic heterocycles. The highest BCUT2D eigenvalue weighted by atomic mass is 16.6. The number of unbranched alkanes of at least 4 members (excludes halogenated alkanes) is 3. The van der Waals surface area contributed by atoms with E-state index < -0.39 is 24.4 Å². The van der Waals surface area contributed by atoms with E-state index in [1.54, 1.807) is 6.08 Å². The standard InChI is InChI=1S/C16H28O5/c1-2-3-4-5-7-12(17)13(18)8-6-9-14(19)15-10-11-16(20)21-15/h6,9,12-15,17-19H,2-5,7-8,10-11H2,1H3/b9-6-/t12-,13-,14+,15+/m0/s1. The molecule has 0 aromatic rings. The van der Waals surface area contributed by atoms with Gasteiger partial charge in [0.15, 0.2) is 0 Å². The molecule has 122 valence electrons. The third-order valence-corrected chi connectivity index (χ3v) is 3.81. The van der Waals surface area contributed by atoms with E-state index in [2.05, 4.69) is 6.92 Å². The molecule has 1 saturated heterocycles. The maximum absolute atomic E-state index is 10.9. The number of aliphatic hydroxyl groups excluding tert-OH is 3. The molecule has 0 aromatic heterocycles. The van der Waals surface area contributed by atoms with Crippen molar-refractivity contribution in [3.8, 4) is 0 Å². The molecule has 1 fully saturated rings. The molecule has 1 aliphatic rings. The summed E-state index contributed by atoms with van der Waals surface area (Å²) >= 11 is 0. The quantitative estimate of drug-likeness (QED) is 0.325. The molecule has 3 N–H and O–H groups in total. The Labute approximate surface area is 126 Å². The van der Waals surface area contributed by atoms with E-state index in [9.17, 15) is 20.1 Å². The number of cyclic esters (lactones) is 1. The molecular weight excluding hydrogens is 272 g/mol. The lowest BCUT2D eigenvalue weighted by atomic mass is 10.0. The highest BCUT2D eigenvalue weighted by Gasteiger charge is 2.28. The van der Waals surface area contributed by atoms with Gasteiger partial charge in [0.2, 0.25) is 0 Å². The minimum absolute atomic E-state index is 0.282. The minimum atomic E-state index is -0.842. The lowest BCUT2D eigenvalue weighted by molar-refractivity contribution is -0.144. The number of rotatable bonds is 10. The number of hydrogen-bond donors (Lipinski definition) is 3. The van der Waals surface area contributed by atoms with Gasteiger partial charge in [-0.1, -0.05) is 44.8 Å². The highest BCUT2D eigenvalue weighted by molar-refractivity contribution is 5.71. The zero-order valence-electron chi connectivity index (χ0n) is 12.8. The molecular formula is C16H28O5. The van der Waals surface area contributed by atoms with Gasteiger partial charge in [-0.3, -0.25) is 4.79 Å². The van der Waals surface area contributed by atoms with Crippen LogP contribution in [0.2, 0.25) is 0 Å². The summed E-state index contributed by atoms with van der Waals surface area (Å²) < 4.78 is 4.95. The van der Waals surface area contributed by atoms with E-state index in [0.29, 0.717) is 19.3 Å². The second-order valence-electron chi connectivity index (χ2n) is 5.71. The lowest BCUT2D eigenvalue weighted by Crippen LogP contribution is -2.26. The van der Waals surface area contributed by atoms with Crippen molar-refractivity contribution in [3.05, 3.63) is 12.2 Å². The molecule has 0 radical (unpaired) electrons.